The van der Waals surface area contributed by atoms with Crippen LogP contribution in [0.15, 0.2) is 65.6 Å². The lowest BCUT2D eigenvalue weighted by Crippen LogP contribution is -2.05. The normalized spacial score (nSPS) is 9.31. The first-order chi connectivity index (χ1) is 18.5. The first-order valence-corrected chi connectivity index (χ1v) is 13.5. The van der Waals surface area contributed by atoms with Crippen molar-refractivity contribution in [3.05, 3.63) is 82.9 Å². The van der Waals surface area contributed by atoms with E-state index in [9.17, 15) is 9.59 Å². The monoisotopic (exact) mass is 552 g/mol. The van der Waals surface area contributed by atoms with Crippen LogP contribution in [-0.4, -0.2) is 23.1 Å². The number of hydrogen-bond acceptors (Lipinski definition) is 6. The summed E-state index contributed by atoms with van der Waals surface area (Å²) in [5.41, 5.74) is 7.64. The summed E-state index contributed by atoms with van der Waals surface area (Å²) in [6.45, 7) is 12.1. The van der Waals surface area contributed by atoms with Crippen LogP contribution in [0.5, 0.6) is 0 Å². The van der Waals surface area contributed by atoms with Crippen molar-refractivity contribution in [3.63, 3.8) is 0 Å². The van der Waals surface area contributed by atoms with Crippen molar-refractivity contribution in [2.45, 2.75) is 72.1 Å². The molecule has 0 radical (unpaired) electrons. The van der Waals surface area contributed by atoms with Gasteiger partial charge in [-0.25, -0.2) is 0 Å². The summed E-state index contributed by atoms with van der Waals surface area (Å²) < 4.78 is 0. The summed E-state index contributed by atoms with van der Waals surface area (Å²) >= 11 is 1.33. The summed E-state index contributed by atoms with van der Waals surface area (Å²) in [5, 5.41) is 16.9. The molecule has 39 heavy (non-hydrogen) atoms. The van der Waals surface area contributed by atoms with Gasteiger partial charge in [-0.1, -0.05) is 80.8 Å². The van der Waals surface area contributed by atoms with Crippen molar-refractivity contribution in [1.82, 2.24) is 0 Å². The third-order valence-corrected chi connectivity index (χ3v) is 6.20. The van der Waals surface area contributed by atoms with E-state index in [4.69, 9.17) is 19.8 Å². The number of aryl methyl sites for hydroxylation is 4. The molecule has 0 saturated heterocycles. The fourth-order valence-electron chi connectivity index (χ4n) is 3.45. The Balaban J connectivity index is 0.000000667. The fraction of sp³-hybridized carbons (Fsp3) is 0.323. The molecule has 3 rings (SSSR count). The summed E-state index contributed by atoms with van der Waals surface area (Å²) in [7, 11) is 0. The number of rotatable bonds is 7. The second-order valence-corrected chi connectivity index (χ2v) is 9.43. The van der Waals surface area contributed by atoms with E-state index in [1.807, 2.05) is 48.5 Å². The van der Waals surface area contributed by atoms with Crippen molar-refractivity contribution in [1.29, 1.82) is 0 Å². The lowest BCUT2D eigenvalue weighted by Gasteiger charge is -2.07. The van der Waals surface area contributed by atoms with Gasteiger partial charge in [0.15, 0.2) is 0 Å². The Morgan fingerprint density at radius 3 is 1.87 bits per heavy atom. The average molecular weight is 553 g/mol. The van der Waals surface area contributed by atoms with Crippen LogP contribution >= 0.6 is 11.9 Å². The molecular weight excluding hydrogens is 512 g/mol. The van der Waals surface area contributed by atoms with Crippen LogP contribution in [0.4, 0.5) is 5.69 Å². The largest absolute Gasteiger partial charge is 0.481 e. The number of hydrogen-bond donors (Lipinski definition) is 3. The van der Waals surface area contributed by atoms with Gasteiger partial charge in [0.1, 0.15) is 0 Å². The molecule has 0 fully saturated rings. The number of carbonyl (C=O) groups is 2. The highest BCUT2D eigenvalue weighted by molar-refractivity contribution is 7.97. The van der Waals surface area contributed by atoms with Crippen molar-refractivity contribution >= 4 is 35.7 Å². The van der Waals surface area contributed by atoms with Gasteiger partial charge in [-0.05, 0) is 79.1 Å². The van der Waals surface area contributed by atoms with Crippen LogP contribution in [0.25, 0.3) is 11.1 Å². The average Bonchev–Trinajstić information content (AvgIpc) is 2.88. The van der Waals surface area contributed by atoms with Gasteiger partial charge >= 0.3 is 12.1 Å². The zero-order valence-electron chi connectivity index (χ0n) is 23.7. The predicted octanol–water partition coefficient (Wildman–Crippen LogP) is 7.13. The molecule has 210 valence electrons. The SMILES string of the molecule is CC(=O)Nc1cccc(-c2ccc(CCC(=O)O)cc2)c1.CCCC.Cc1cc(C)c(SN)c(C)c1.O=C=O. The van der Waals surface area contributed by atoms with Crippen molar-refractivity contribution in [2.75, 3.05) is 5.32 Å². The molecule has 0 saturated carbocycles. The first-order valence-electron chi connectivity index (χ1n) is 12.6. The topological polar surface area (TPSA) is 127 Å². The van der Waals surface area contributed by atoms with Gasteiger partial charge in [0.2, 0.25) is 5.91 Å². The maximum Gasteiger partial charge on any atom is 0.373 e. The molecule has 0 spiro atoms. The third-order valence-electron chi connectivity index (χ3n) is 5.32. The Bertz CT molecular complexity index is 1180. The zero-order chi connectivity index (χ0) is 29.8. The predicted molar refractivity (Wildman–Crippen MR) is 158 cm³/mol. The number of unbranched alkanes of at least 4 members (excludes halogenated alkanes) is 1. The molecule has 0 aliphatic carbocycles. The highest BCUT2D eigenvalue weighted by Gasteiger charge is 2.03. The number of nitrogens with one attached hydrogen (secondary N) is 1. The van der Waals surface area contributed by atoms with Crippen molar-refractivity contribution < 1.29 is 24.3 Å². The van der Waals surface area contributed by atoms with E-state index in [1.54, 1.807) is 0 Å². The lowest BCUT2D eigenvalue weighted by molar-refractivity contribution is -0.191. The first kappa shape index (κ1) is 35.3. The van der Waals surface area contributed by atoms with Crippen LogP contribution in [0, 0.1) is 20.8 Å². The summed E-state index contributed by atoms with van der Waals surface area (Å²) in [6, 6.07) is 19.7. The Labute approximate surface area is 236 Å². The number of nitrogens with two attached hydrogens (primary N) is 1. The summed E-state index contributed by atoms with van der Waals surface area (Å²) in [5.74, 6) is -0.891. The fourth-order valence-corrected chi connectivity index (χ4v) is 3.94. The molecule has 7 nitrogen and oxygen atoms in total. The Hall–Kier alpha value is -3.71. The molecule has 0 aromatic heterocycles. The van der Waals surface area contributed by atoms with Gasteiger partial charge in [-0.15, -0.1) is 0 Å². The van der Waals surface area contributed by atoms with E-state index in [-0.39, 0.29) is 18.5 Å². The van der Waals surface area contributed by atoms with Gasteiger partial charge in [0.05, 0.1) is 0 Å². The van der Waals surface area contributed by atoms with Crippen molar-refractivity contribution in [2.24, 2.45) is 5.14 Å². The number of aliphatic carboxylic acids is 1. The molecule has 8 heteroatoms. The number of carboxylic acids is 1. The molecule has 0 aliphatic heterocycles. The molecule has 3 aromatic rings. The van der Waals surface area contributed by atoms with Gasteiger partial charge < -0.3 is 10.4 Å². The van der Waals surface area contributed by atoms with Crippen LogP contribution in [0.2, 0.25) is 0 Å². The highest BCUT2D eigenvalue weighted by Crippen LogP contribution is 2.24. The number of benzene rings is 3. The highest BCUT2D eigenvalue weighted by atomic mass is 32.2. The quantitative estimate of drug-likeness (QED) is 0.266. The minimum atomic E-state index is -0.790. The molecule has 1 amide bonds. The zero-order valence-corrected chi connectivity index (χ0v) is 24.5. The van der Waals surface area contributed by atoms with Crippen LogP contribution in [0.1, 0.15) is 62.3 Å². The molecule has 0 atom stereocenters. The van der Waals surface area contributed by atoms with Gasteiger partial charge in [0, 0.05) is 23.9 Å². The second kappa shape index (κ2) is 20.3. The maximum absolute atomic E-state index is 11.1. The Kier molecular flexibility index (Phi) is 18.3. The number of carboxylic acid groups (broad SMARTS) is 1. The summed E-state index contributed by atoms with van der Waals surface area (Å²) in [4.78, 5) is 39.1. The molecule has 0 heterocycles. The molecule has 0 unspecified atom stereocenters. The van der Waals surface area contributed by atoms with Crippen LogP contribution < -0.4 is 10.5 Å². The van der Waals surface area contributed by atoms with Gasteiger partial charge in [-0.3, -0.25) is 14.7 Å². The standard InChI is InChI=1S/C17H17NO3.C9H13NS.C4H10.CO2/c1-12(19)18-16-4-2-3-15(11-16)14-8-5-13(6-9-14)7-10-17(20)21;1-6-4-7(2)9(11-10)8(3)5-6;1-3-4-2;2-1-3/h2-6,8-9,11H,7,10H2,1H3,(H,18,19)(H,20,21);4-5H,10H2,1-3H3;3-4H2,1-2H3;. The Morgan fingerprint density at radius 1 is 0.897 bits per heavy atom. The van der Waals surface area contributed by atoms with Crippen LogP contribution in [-0.2, 0) is 25.6 Å². The second-order valence-electron chi connectivity index (χ2n) is 8.78. The Morgan fingerprint density at radius 2 is 1.44 bits per heavy atom. The van der Waals surface area contributed by atoms with E-state index in [1.165, 1.54) is 53.3 Å². The molecule has 3 aromatic carbocycles. The smallest absolute Gasteiger partial charge is 0.373 e. The van der Waals surface area contributed by atoms with Gasteiger partial charge in [-0.2, -0.15) is 9.59 Å². The molecule has 0 bridgehead atoms. The lowest BCUT2D eigenvalue weighted by atomic mass is 10.0. The van der Waals surface area contributed by atoms with E-state index in [0.29, 0.717) is 6.42 Å². The summed E-state index contributed by atoms with van der Waals surface area (Å²) in [6.07, 6.45) is 3.55. The van der Waals surface area contributed by atoms with Crippen LogP contribution in [0.3, 0.4) is 0 Å². The van der Waals surface area contributed by atoms with E-state index < -0.39 is 5.97 Å². The van der Waals surface area contributed by atoms with E-state index in [2.05, 4.69) is 52.1 Å². The van der Waals surface area contributed by atoms with E-state index in [0.717, 1.165) is 22.4 Å². The molecule has 4 N–H and O–H groups in total. The minimum absolute atomic E-state index is 0.101. The molecule has 0 aliphatic rings. The van der Waals surface area contributed by atoms with Gasteiger partial charge in [0.25, 0.3) is 0 Å². The van der Waals surface area contributed by atoms with Crippen molar-refractivity contribution in [3.8, 4) is 11.1 Å². The number of amides is 1. The van der Waals surface area contributed by atoms with E-state index >= 15 is 0 Å². The number of carbonyl (C=O) groups excluding carboxylic acids is 3. The maximum atomic E-state index is 11.1. The third kappa shape index (κ3) is 15.3. The molecular formula is C31H40N2O5S. The number of anilines is 1. The minimum Gasteiger partial charge on any atom is -0.481 e.